The molecule has 0 radical (unpaired) electrons. The fourth-order valence-corrected chi connectivity index (χ4v) is 2.44. The second-order valence-corrected chi connectivity index (χ2v) is 4.84. The number of nitrogens with two attached hydrogens (primary N) is 1. The van der Waals surface area contributed by atoms with Gasteiger partial charge in [-0.25, -0.2) is 9.97 Å². The van der Waals surface area contributed by atoms with Crippen molar-refractivity contribution in [1.82, 2.24) is 9.97 Å². The molecule has 1 aromatic rings. The van der Waals surface area contributed by atoms with Crippen molar-refractivity contribution in [1.29, 1.82) is 0 Å². The van der Waals surface area contributed by atoms with Crippen LogP contribution in [0.1, 0.15) is 29.8 Å². The number of ether oxygens (including phenoxy) is 1. The molecule has 2 heterocycles. The highest BCUT2D eigenvalue weighted by molar-refractivity contribution is 5.38. The molecule has 1 fully saturated rings. The Hall–Kier alpha value is -1.20. The van der Waals surface area contributed by atoms with Crippen LogP contribution in [0, 0.1) is 13.8 Å². The first-order chi connectivity index (χ1) is 8.63. The van der Waals surface area contributed by atoms with Crippen LogP contribution < -0.4 is 10.6 Å². The van der Waals surface area contributed by atoms with E-state index in [2.05, 4.69) is 21.8 Å². The third kappa shape index (κ3) is 2.62. The van der Waals surface area contributed by atoms with Crippen LogP contribution in [0.4, 0.5) is 5.95 Å². The monoisotopic (exact) mass is 250 g/mol. The molecule has 0 amide bonds. The van der Waals surface area contributed by atoms with Crippen molar-refractivity contribution in [2.45, 2.75) is 26.7 Å². The van der Waals surface area contributed by atoms with Crippen molar-refractivity contribution in [3.63, 3.8) is 0 Å². The average molecular weight is 250 g/mol. The van der Waals surface area contributed by atoms with Gasteiger partial charge in [0.15, 0.2) is 0 Å². The van der Waals surface area contributed by atoms with Gasteiger partial charge in [-0.1, -0.05) is 6.92 Å². The molecule has 1 aliphatic rings. The number of aryl methyl sites for hydroxylation is 2. The molecule has 1 unspecified atom stereocenters. The number of anilines is 1. The van der Waals surface area contributed by atoms with E-state index in [1.54, 1.807) is 0 Å². The minimum absolute atomic E-state index is 0.309. The SMILES string of the molecule is Cc1nc(N2CCOCC2)nc(C)c1C(C)CN. The summed E-state index contributed by atoms with van der Waals surface area (Å²) in [6.07, 6.45) is 0. The summed E-state index contributed by atoms with van der Waals surface area (Å²) in [5.41, 5.74) is 9.02. The molecule has 0 aliphatic carbocycles. The molecular formula is C13H22N4O. The van der Waals surface area contributed by atoms with Gasteiger partial charge in [0.05, 0.1) is 13.2 Å². The molecule has 1 aliphatic heterocycles. The van der Waals surface area contributed by atoms with E-state index < -0.39 is 0 Å². The number of nitrogens with zero attached hydrogens (tertiary/aromatic N) is 3. The molecule has 0 aromatic carbocycles. The maximum absolute atomic E-state index is 5.74. The summed E-state index contributed by atoms with van der Waals surface area (Å²) in [4.78, 5) is 11.4. The van der Waals surface area contributed by atoms with Crippen LogP contribution in [0.25, 0.3) is 0 Å². The van der Waals surface area contributed by atoms with Gasteiger partial charge in [-0.2, -0.15) is 0 Å². The Morgan fingerprint density at radius 1 is 1.22 bits per heavy atom. The van der Waals surface area contributed by atoms with Crippen LogP contribution in [-0.2, 0) is 4.74 Å². The lowest BCUT2D eigenvalue weighted by atomic mass is 9.98. The molecular weight excluding hydrogens is 228 g/mol. The van der Waals surface area contributed by atoms with Gasteiger partial charge in [-0.05, 0) is 31.9 Å². The maximum atomic E-state index is 5.74. The molecule has 2 N–H and O–H groups in total. The molecule has 18 heavy (non-hydrogen) atoms. The van der Waals surface area contributed by atoms with Crippen molar-refractivity contribution in [2.24, 2.45) is 5.73 Å². The van der Waals surface area contributed by atoms with Gasteiger partial charge in [-0.3, -0.25) is 0 Å². The second-order valence-electron chi connectivity index (χ2n) is 4.84. The zero-order chi connectivity index (χ0) is 13.1. The minimum Gasteiger partial charge on any atom is -0.378 e. The van der Waals surface area contributed by atoms with Crippen LogP contribution in [0.15, 0.2) is 0 Å². The van der Waals surface area contributed by atoms with E-state index in [1.165, 1.54) is 5.56 Å². The highest BCUT2D eigenvalue weighted by Crippen LogP contribution is 2.23. The average Bonchev–Trinajstić information content (AvgIpc) is 2.38. The van der Waals surface area contributed by atoms with Crippen LogP contribution in [0.2, 0.25) is 0 Å². The summed E-state index contributed by atoms with van der Waals surface area (Å²) in [7, 11) is 0. The largest absolute Gasteiger partial charge is 0.378 e. The Kier molecular flexibility index (Phi) is 4.14. The van der Waals surface area contributed by atoms with Crippen LogP contribution in [-0.4, -0.2) is 42.8 Å². The normalized spacial score (nSPS) is 17.9. The third-order valence-corrected chi connectivity index (χ3v) is 3.46. The van der Waals surface area contributed by atoms with E-state index in [9.17, 15) is 0 Å². The topological polar surface area (TPSA) is 64.3 Å². The van der Waals surface area contributed by atoms with E-state index >= 15 is 0 Å². The first kappa shape index (κ1) is 13.2. The van der Waals surface area contributed by atoms with Crippen molar-refractivity contribution < 1.29 is 4.74 Å². The molecule has 100 valence electrons. The quantitative estimate of drug-likeness (QED) is 0.866. The summed E-state index contributed by atoms with van der Waals surface area (Å²) < 4.78 is 5.35. The van der Waals surface area contributed by atoms with E-state index in [4.69, 9.17) is 10.5 Å². The van der Waals surface area contributed by atoms with Crippen molar-refractivity contribution in [3.8, 4) is 0 Å². The van der Waals surface area contributed by atoms with E-state index in [-0.39, 0.29) is 0 Å². The zero-order valence-electron chi connectivity index (χ0n) is 11.4. The van der Waals surface area contributed by atoms with Gasteiger partial charge >= 0.3 is 0 Å². The standard InChI is InChI=1S/C13H22N4O/c1-9(8-14)12-10(2)15-13(16-11(12)3)17-4-6-18-7-5-17/h9H,4-8,14H2,1-3H3. The van der Waals surface area contributed by atoms with Crippen molar-refractivity contribution in [2.75, 3.05) is 37.7 Å². The molecule has 2 rings (SSSR count). The second kappa shape index (κ2) is 5.63. The van der Waals surface area contributed by atoms with Gasteiger partial charge in [0.25, 0.3) is 0 Å². The Morgan fingerprint density at radius 2 is 1.78 bits per heavy atom. The minimum atomic E-state index is 0.309. The van der Waals surface area contributed by atoms with Crippen LogP contribution in [0.3, 0.4) is 0 Å². The third-order valence-electron chi connectivity index (χ3n) is 3.46. The Labute approximate surface area is 108 Å². The molecule has 1 aromatic heterocycles. The highest BCUT2D eigenvalue weighted by atomic mass is 16.5. The summed E-state index contributed by atoms with van der Waals surface area (Å²) in [5, 5.41) is 0. The Balaban J connectivity index is 2.29. The fourth-order valence-electron chi connectivity index (χ4n) is 2.44. The molecule has 5 heteroatoms. The summed E-state index contributed by atoms with van der Waals surface area (Å²) in [5.74, 6) is 1.13. The first-order valence-electron chi connectivity index (χ1n) is 6.51. The van der Waals surface area contributed by atoms with Crippen molar-refractivity contribution in [3.05, 3.63) is 17.0 Å². The number of hydrogen-bond acceptors (Lipinski definition) is 5. The molecule has 0 saturated carbocycles. The predicted octanol–water partition coefficient (Wildman–Crippen LogP) is 0.992. The molecule has 1 atom stereocenters. The smallest absolute Gasteiger partial charge is 0.225 e. The first-order valence-corrected chi connectivity index (χ1v) is 6.51. The molecule has 5 nitrogen and oxygen atoms in total. The van der Waals surface area contributed by atoms with E-state index in [0.717, 1.165) is 43.6 Å². The van der Waals surface area contributed by atoms with Gasteiger partial charge in [-0.15, -0.1) is 0 Å². The zero-order valence-corrected chi connectivity index (χ0v) is 11.4. The van der Waals surface area contributed by atoms with Gasteiger partial charge in [0.2, 0.25) is 5.95 Å². The van der Waals surface area contributed by atoms with Gasteiger partial charge in [0.1, 0.15) is 0 Å². The molecule has 0 bridgehead atoms. The lowest BCUT2D eigenvalue weighted by Gasteiger charge is -2.28. The molecule has 1 saturated heterocycles. The van der Waals surface area contributed by atoms with E-state index in [0.29, 0.717) is 12.5 Å². The van der Waals surface area contributed by atoms with E-state index in [1.807, 2.05) is 13.8 Å². The summed E-state index contributed by atoms with van der Waals surface area (Å²) in [6.45, 7) is 10.1. The van der Waals surface area contributed by atoms with Crippen LogP contribution in [0.5, 0.6) is 0 Å². The Morgan fingerprint density at radius 3 is 2.28 bits per heavy atom. The Bertz CT molecular complexity index is 392. The van der Waals surface area contributed by atoms with Gasteiger partial charge in [0, 0.05) is 24.5 Å². The number of morpholine rings is 1. The lowest BCUT2D eigenvalue weighted by molar-refractivity contribution is 0.122. The van der Waals surface area contributed by atoms with Gasteiger partial charge < -0.3 is 15.4 Å². The number of hydrogen-bond donors (Lipinski definition) is 1. The number of aromatic nitrogens is 2. The summed E-state index contributed by atoms with van der Waals surface area (Å²) >= 11 is 0. The lowest BCUT2D eigenvalue weighted by Crippen LogP contribution is -2.37. The molecule has 0 spiro atoms. The summed E-state index contributed by atoms with van der Waals surface area (Å²) in [6, 6.07) is 0. The predicted molar refractivity (Wildman–Crippen MR) is 72.0 cm³/mol. The number of rotatable bonds is 3. The highest BCUT2D eigenvalue weighted by Gasteiger charge is 2.18. The fraction of sp³-hybridized carbons (Fsp3) is 0.692. The van der Waals surface area contributed by atoms with Crippen molar-refractivity contribution >= 4 is 5.95 Å². The maximum Gasteiger partial charge on any atom is 0.225 e. The van der Waals surface area contributed by atoms with Crippen LogP contribution >= 0.6 is 0 Å².